The molecule has 0 saturated heterocycles. The molecule has 1 atom stereocenters. The minimum absolute atomic E-state index is 0.228. The Hall–Kier alpha value is -3.42. The quantitative estimate of drug-likeness (QED) is 0.699. The van der Waals surface area contributed by atoms with E-state index in [0.29, 0.717) is 23.6 Å². The van der Waals surface area contributed by atoms with Crippen molar-refractivity contribution in [2.75, 3.05) is 19.5 Å². The summed E-state index contributed by atoms with van der Waals surface area (Å²) in [6.07, 6.45) is 1.90. The highest BCUT2D eigenvalue weighted by atomic mass is 16.5. The summed E-state index contributed by atoms with van der Waals surface area (Å²) < 4.78 is 11.9. The zero-order valence-electron chi connectivity index (χ0n) is 14.5. The lowest BCUT2D eigenvalue weighted by Crippen LogP contribution is -2.28. The Kier molecular flexibility index (Phi) is 5.43. The van der Waals surface area contributed by atoms with E-state index in [9.17, 15) is 4.79 Å². The highest BCUT2D eigenvalue weighted by Crippen LogP contribution is 2.30. The third-order valence-corrected chi connectivity index (χ3v) is 3.91. The minimum atomic E-state index is -0.583. The van der Waals surface area contributed by atoms with Crippen LogP contribution >= 0.6 is 0 Å². The summed E-state index contributed by atoms with van der Waals surface area (Å²) in [7, 11) is 3.10. The van der Waals surface area contributed by atoms with E-state index in [-0.39, 0.29) is 5.91 Å². The molecule has 0 saturated carbocycles. The number of carbonyl (C=O) groups is 1. The van der Waals surface area contributed by atoms with Gasteiger partial charge in [-0.2, -0.15) is 0 Å². The summed E-state index contributed by atoms with van der Waals surface area (Å²) in [6, 6.07) is 14.3. The molecule has 1 heterocycles. The Morgan fingerprint density at radius 2 is 1.88 bits per heavy atom. The summed E-state index contributed by atoms with van der Waals surface area (Å²) in [5.74, 6) is 0.896. The Balaban J connectivity index is 1.82. The van der Waals surface area contributed by atoms with Crippen molar-refractivity contribution in [3.63, 3.8) is 0 Å². The molecule has 2 aromatic carbocycles. The lowest BCUT2D eigenvalue weighted by atomic mass is 10.1. The average Bonchev–Trinajstić information content (AvgIpc) is 3.21. The van der Waals surface area contributed by atoms with Gasteiger partial charge in [-0.05, 0) is 28.1 Å². The number of aromatic nitrogens is 4. The summed E-state index contributed by atoms with van der Waals surface area (Å²) >= 11 is 0. The fourth-order valence-electron chi connectivity index (χ4n) is 2.59. The Morgan fingerprint density at radius 1 is 1.12 bits per heavy atom. The summed E-state index contributed by atoms with van der Waals surface area (Å²) in [5.41, 5.74) is 1.61. The Labute approximate surface area is 150 Å². The van der Waals surface area contributed by atoms with Crippen LogP contribution in [0, 0.1) is 0 Å². The molecule has 0 fully saturated rings. The monoisotopic (exact) mass is 353 g/mol. The molecule has 1 aromatic heterocycles. The number of hydrogen-bond donors (Lipinski definition) is 1. The van der Waals surface area contributed by atoms with Gasteiger partial charge in [0, 0.05) is 18.2 Å². The zero-order chi connectivity index (χ0) is 18.4. The van der Waals surface area contributed by atoms with E-state index in [1.165, 1.54) is 11.0 Å². The van der Waals surface area contributed by atoms with Crippen LogP contribution < -0.4 is 14.8 Å². The van der Waals surface area contributed by atoms with Gasteiger partial charge in [-0.15, -0.1) is 5.10 Å². The molecular weight excluding hydrogens is 334 g/mol. The van der Waals surface area contributed by atoms with Gasteiger partial charge in [0.15, 0.2) is 11.5 Å². The van der Waals surface area contributed by atoms with Crippen LogP contribution in [-0.2, 0) is 11.2 Å². The first kappa shape index (κ1) is 17.4. The first-order valence-corrected chi connectivity index (χ1v) is 8.00. The third-order valence-electron chi connectivity index (χ3n) is 3.91. The van der Waals surface area contributed by atoms with Crippen LogP contribution in [0.4, 0.5) is 5.69 Å². The normalized spacial score (nSPS) is 11.6. The molecule has 0 radical (unpaired) electrons. The van der Waals surface area contributed by atoms with Crippen LogP contribution in [0.15, 0.2) is 54.9 Å². The van der Waals surface area contributed by atoms with Crippen molar-refractivity contribution in [2.24, 2.45) is 0 Å². The molecule has 1 N–H and O–H groups in total. The van der Waals surface area contributed by atoms with Crippen LogP contribution in [0.3, 0.4) is 0 Å². The Bertz CT molecular complexity index is 853. The molecule has 8 heteroatoms. The molecule has 0 aliphatic heterocycles. The lowest BCUT2D eigenvalue weighted by Gasteiger charge is -2.17. The van der Waals surface area contributed by atoms with Crippen molar-refractivity contribution in [1.82, 2.24) is 20.2 Å². The summed E-state index contributed by atoms with van der Waals surface area (Å²) in [6.45, 7) is 0. The van der Waals surface area contributed by atoms with E-state index in [0.717, 1.165) is 5.56 Å². The highest BCUT2D eigenvalue weighted by Gasteiger charge is 2.23. The molecule has 0 aliphatic rings. The lowest BCUT2D eigenvalue weighted by molar-refractivity contribution is -0.119. The highest BCUT2D eigenvalue weighted by molar-refractivity contribution is 5.94. The summed E-state index contributed by atoms with van der Waals surface area (Å²) in [5, 5.41) is 14.1. The molecule has 0 bridgehead atoms. The number of anilines is 1. The van der Waals surface area contributed by atoms with E-state index >= 15 is 0 Å². The van der Waals surface area contributed by atoms with Gasteiger partial charge in [-0.1, -0.05) is 30.3 Å². The van der Waals surface area contributed by atoms with Crippen LogP contribution in [0.2, 0.25) is 0 Å². The van der Waals surface area contributed by atoms with E-state index < -0.39 is 6.04 Å². The standard InChI is InChI=1S/C18H19N5O3/c1-25-16-9-8-14(11-17(16)26-2)20-18(24)15(23-12-19-21-22-23)10-13-6-4-3-5-7-13/h3-9,11-12,15H,10H2,1-2H3,(H,20,24)/t15-/m1/s1. The van der Waals surface area contributed by atoms with E-state index in [2.05, 4.69) is 20.8 Å². The van der Waals surface area contributed by atoms with Crippen LogP contribution in [0.25, 0.3) is 0 Å². The number of rotatable bonds is 7. The zero-order valence-corrected chi connectivity index (χ0v) is 14.5. The molecular formula is C18H19N5O3. The van der Waals surface area contributed by atoms with Gasteiger partial charge in [-0.25, -0.2) is 4.68 Å². The van der Waals surface area contributed by atoms with Gasteiger partial charge in [-0.3, -0.25) is 4.79 Å². The van der Waals surface area contributed by atoms with E-state index in [1.54, 1.807) is 32.4 Å². The maximum absolute atomic E-state index is 12.9. The number of benzene rings is 2. The van der Waals surface area contributed by atoms with Crippen molar-refractivity contribution in [2.45, 2.75) is 12.5 Å². The van der Waals surface area contributed by atoms with Crippen LogP contribution in [0.5, 0.6) is 11.5 Å². The Morgan fingerprint density at radius 3 is 2.54 bits per heavy atom. The molecule has 0 unspecified atom stereocenters. The van der Waals surface area contributed by atoms with Crippen molar-refractivity contribution < 1.29 is 14.3 Å². The van der Waals surface area contributed by atoms with Gasteiger partial charge >= 0.3 is 0 Å². The first-order valence-electron chi connectivity index (χ1n) is 8.00. The number of ether oxygens (including phenoxy) is 2. The smallest absolute Gasteiger partial charge is 0.249 e. The fraction of sp³-hybridized carbons (Fsp3) is 0.222. The second-order valence-corrected chi connectivity index (χ2v) is 5.55. The number of amides is 1. The molecule has 134 valence electrons. The van der Waals surface area contributed by atoms with Gasteiger partial charge in [0.25, 0.3) is 0 Å². The maximum atomic E-state index is 12.9. The van der Waals surface area contributed by atoms with E-state index in [4.69, 9.17) is 9.47 Å². The number of methoxy groups -OCH3 is 2. The maximum Gasteiger partial charge on any atom is 0.249 e. The SMILES string of the molecule is COc1ccc(NC(=O)[C@@H](Cc2ccccc2)n2cnnn2)cc1OC. The molecule has 8 nitrogen and oxygen atoms in total. The first-order chi connectivity index (χ1) is 12.7. The molecule has 1 amide bonds. The molecule has 26 heavy (non-hydrogen) atoms. The number of carbonyl (C=O) groups excluding carboxylic acids is 1. The third kappa shape index (κ3) is 3.97. The van der Waals surface area contributed by atoms with Gasteiger partial charge < -0.3 is 14.8 Å². The van der Waals surface area contributed by atoms with Crippen molar-refractivity contribution in [1.29, 1.82) is 0 Å². The van der Waals surface area contributed by atoms with Crippen molar-refractivity contribution in [3.05, 3.63) is 60.4 Å². The van der Waals surface area contributed by atoms with Gasteiger partial charge in [0.1, 0.15) is 12.4 Å². The average molecular weight is 353 g/mol. The number of nitrogens with zero attached hydrogens (tertiary/aromatic N) is 4. The second-order valence-electron chi connectivity index (χ2n) is 5.55. The van der Waals surface area contributed by atoms with Crippen molar-refractivity contribution >= 4 is 11.6 Å². The largest absolute Gasteiger partial charge is 0.493 e. The topological polar surface area (TPSA) is 91.2 Å². The number of tetrazole rings is 1. The molecule has 0 spiro atoms. The number of nitrogens with one attached hydrogen (secondary N) is 1. The van der Waals surface area contributed by atoms with Gasteiger partial charge in [0.2, 0.25) is 5.91 Å². The van der Waals surface area contributed by atoms with Crippen molar-refractivity contribution in [3.8, 4) is 11.5 Å². The van der Waals surface area contributed by atoms with E-state index in [1.807, 2.05) is 30.3 Å². The molecule has 3 rings (SSSR count). The molecule has 0 aliphatic carbocycles. The van der Waals surface area contributed by atoms with Crippen LogP contribution in [-0.4, -0.2) is 40.3 Å². The fourth-order valence-corrected chi connectivity index (χ4v) is 2.59. The van der Waals surface area contributed by atoms with Crippen LogP contribution in [0.1, 0.15) is 11.6 Å². The second kappa shape index (κ2) is 8.11. The summed E-state index contributed by atoms with van der Waals surface area (Å²) in [4.78, 5) is 12.9. The minimum Gasteiger partial charge on any atom is -0.493 e. The number of hydrogen-bond acceptors (Lipinski definition) is 6. The molecule has 3 aromatic rings. The predicted octanol–water partition coefficient (Wildman–Crippen LogP) is 2.11. The van der Waals surface area contributed by atoms with Gasteiger partial charge in [0.05, 0.1) is 14.2 Å². The predicted molar refractivity (Wildman–Crippen MR) is 95.2 cm³/mol.